The molecule has 0 saturated heterocycles. The van der Waals surface area contributed by atoms with Crippen molar-refractivity contribution in [3.8, 4) is 6.07 Å². The molecule has 0 aliphatic carbocycles. The highest BCUT2D eigenvalue weighted by Crippen LogP contribution is 2.25. The normalized spacial score (nSPS) is 10.8. The first-order chi connectivity index (χ1) is 10.8. The first-order valence-electron chi connectivity index (χ1n) is 6.62. The number of rotatable bonds is 4. The summed E-state index contributed by atoms with van der Waals surface area (Å²) in [6.07, 6.45) is 0. The fourth-order valence-electron chi connectivity index (χ4n) is 2.19. The van der Waals surface area contributed by atoms with Crippen molar-refractivity contribution in [3.05, 3.63) is 58.7 Å². The van der Waals surface area contributed by atoms with Gasteiger partial charge in [0.25, 0.3) is 10.0 Å². The molecule has 2 aromatic rings. The van der Waals surface area contributed by atoms with Crippen molar-refractivity contribution in [1.29, 1.82) is 5.26 Å². The minimum atomic E-state index is -3.97. The van der Waals surface area contributed by atoms with Gasteiger partial charge in [0.1, 0.15) is 0 Å². The van der Waals surface area contributed by atoms with Crippen molar-refractivity contribution in [2.45, 2.75) is 18.7 Å². The molecule has 0 fully saturated rings. The van der Waals surface area contributed by atoms with E-state index in [0.717, 1.165) is 0 Å². The highest BCUT2D eigenvalue weighted by Gasteiger charge is 2.21. The maximum atomic E-state index is 12.6. The van der Waals surface area contributed by atoms with Crippen molar-refractivity contribution >= 4 is 21.7 Å². The summed E-state index contributed by atoms with van der Waals surface area (Å²) in [6.45, 7) is 3.20. The second kappa shape index (κ2) is 6.10. The van der Waals surface area contributed by atoms with Crippen LogP contribution in [0.25, 0.3) is 0 Å². The van der Waals surface area contributed by atoms with E-state index in [4.69, 9.17) is 5.26 Å². The summed E-state index contributed by atoms with van der Waals surface area (Å²) in [6, 6.07) is 10.6. The molecule has 2 aromatic carbocycles. The number of hydrogen-bond donors (Lipinski definition) is 2. The smallest absolute Gasteiger partial charge is 0.337 e. The third-order valence-electron chi connectivity index (χ3n) is 3.33. The molecule has 2 N–H and O–H groups in total. The molecule has 0 bridgehead atoms. The lowest BCUT2D eigenvalue weighted by molar-refractivity contribution is 0.0698. The average Bonchev–Trinajstić information content (AvgIpc) is 2.48. The van der Waals surface area contributed by atoms with E-state index in [-0.39, 0.29) is 16.1 Å². The summed E-state index contributed by atoms with van der Waals surface area (Å²) in [7, 11) is -3.97. The Labute approximate surface area is 134 Å². The van der Waals surface area contributed by atoms with E-state index in [2.05, 4.69) is 4.72 Å². The Kier molecular flexibility index (Phi) is 4.38. The van der Waals surface area contributed by atoms with Crippen LogP contribution in [0.2, 0.25) is 0 Å². The van der Waals surface area contributed by atoms with E-state index in [9.17, 15) is 18.3 Å². The van der Waals surface area contributed by atoms with Crippen LogP contribution in [0.4, 0.5) is 5.69 Å². The molecule has 0 aliphatic rings. The molecular weight excluding hydrogens is 316 g/mol. The van der Waals surface area contributed by atoms with Crippen LogP contribution >= 0.6 is 0 Å². The van der Waals surface area contributed by atoms with Gasteiger partial charge in [-0.3, -0.25) is 4.72 Å². The Morgan fingerprint density at radius 1 is 1.17 bits per heavy atom. The van der Waals surface area contributed by atoms with Crippen molar-refractivity contribution < 1.29 is 18.3 Å². The van der Waals surface area contributed by atoms with Gasteiger partial charge in [0.05, 0.1) is 27.8 Å². The van der Waals surface area contributed by atoms with E-state index < -0.39 is 16.0 Å². The minimum absolute atomic E-state index is 0.00362. The van der Waals surface area contributed by atoms with Gasteiger partial charge in [0.2, 0.25) is 0 Å². The first kappa shape index (κ1) is 16.5. The van der Waals surface area contributed by atoms with Gasteiger partial charge >= 0.3 is 5.97 Å². The lowest BCUT2D eigenvalue weighted by atomic mass is 10.1. The van der Waals surface area contributed by atoms with Crippen molar-refractivity contribution in [2.75, 3.05) is 4.72 Å². The molecule has 0 radical (unpaired) electrons. The second-order valence-corrected chi connectivity index (χ2v) is 6.65. The SMILES string of the molecule is Cc1cc(C#N)ccc1S(=O)(=O)Nc1c(C)cccc1C(=O)O. The molecule has 0 heterocycles. The summed E-state index contributed by atoms with van der Waals surface area (Å²) in [4.78, 5) is 11.3. The van der Waals surface area contributed by atoms with Gasteiger partial charge in [-0.05, 0) is 49.2 Å². The zero-order valence-electron chi connectivity index (χ0n) is 12.5. The molecule has 2 rings (SSSR count). The van der Waals surface area contributed by atoms with Gasteiger partial charge in [0, 0.05) is 0 Å². The van der Waals surface area contributed by atoms with Crippen LogP contribution in [0.15, 0.2) is 41.3 Å². The number of hydrogen-bond acceptors (Lipinski definition) is 4. The highest BCUT2D eigenvalue weighted by molar-refractivity contribution is 7.92. The predicted octanol–water partition coefficient (Wildman–Crippen LogP) is 2.67. The van der Waals surface area contributed by atoms with Crippen LogP contribution < -0.4 is 4.72 Å². The topological polar surface area (TPSA) is 107 Å². The number of carbonyl (C=O) groups is 1. The van der Waals surface area contributed by atoms with Crippen LogP contribution in [0, 0.1) is 25.2 Å². The number of carboxylic acids is 1. The van der Waals surface area contributed by atoms with Crippen LogP contribution in [-0.4, -0.2) is 19.5 Å². The largest absolute Gasteiger partial charge is 0.478 e. The number of benzene rings is 2. The molecule has 118 valence electrons. The molecule has 0 aliphatic heterocycles. The number of aryl methyl sites for hydroxylation is 2. The highest BCUT2D eigenvalue weighted by atomic mass is 32.2. The number of nitrogens with zero attached hydrogens (tertiary/aromatic N) is 1. The van der Waals surface area contributed by atoms with Crippen LogP contribution in [-0.2, 0) is 10.0 Å². The van der Waals surface area contributed by atoms with E-state index >= 15 is 0 Å². The maximum absolute atomic E-state index is 12.6. The van der Waals surface area contributed by atoms with Crippen LogP contribution in [0.1, 0.15) is 27.0 Å². The zero-order valence-corrected chi connectivity index (χ0v) is 13.3. The van der Waals surface area contributed by atoms with Gasteiger partial charge in [-0.25, -0.2) is 13.2 Å². The van der Waals surface area contributed by atoms with Gasteiger partial charge in [0.15, 0.2) is 0 Å². The van der Waals surface area contributed by atoms with Crippen molar-refractivity contribution in [2.24, 2.45) is 0 Å². The summed E-state index contributed by atoms with van der Waals surface area (Å²) in [5.74, 6) is -1.22. The molecule has 0 unspecified atom stereocenters. The summed E-state index contributed by atoms with van der Waals surface area (Å²) in [5.41, 5.74) is 1.16. The summed E-state index contributed by atoms with van der Waals surface area (Å²) in [5, 5.41) is 18.1. The van der Waals surface area contributed by atoms with E-state index in [1.54, 1.807) is 26.0 Å². The van der Waals surface area contributed by atoms with Crippen molar-refractivity contribution in [3.63, 3.8) is 0 Å². The molecular formula is C16H14N2O4S. The number of aromatic carboxylic acids is 1. The molecule has 6 nitrogen and oxygen atoms in total. The maximum Gasteiger partial charge on any atom is 0.337 e. The lowest BCUT2D eigenvalue weighted by Gasteiger charge is -2.14. The number of carboxylic acid groups (broad SMARTS) is 1. The Bertz CT molecular complexity index is 928. The van der Waals surface area contributed by atoms with Gasteiger partial charge in [-0.2, -0.15) is 5.26 Å². The summed E-state index contributed by atoms with van der Waals surface area (Å²) < 4.78 is 27.5. The molecule has 0 atom stereocenters. The molecule has 0 saturated carbocycles. The van der Waals surface area contributed by atoms with Gasteiger partial charge < -0.3 is 5.11 Å². The van der Waals surface area contributed by atoms with E-state index in [0.29, 0.717) is 16.7 Å². The summed E-state index contributed by atoms with van der Waals surface area (Å²) >= 11 is 0. The monoisotopic (exact) mass is 330 g/mol. The van der Waals surface area contributed by atoms with Crippen molar-refractivity contribution in [1.82, 2.24) is 0 Å². The predicted molar refractivity (Wildman–Crippen MR) is 84.8 cm³/mol. The van der Waals surface area contributed by atoms with E-state index in [1.807, 2.05) is 6.07 Å². The van der Waals surface area contributed by atoms with Crippen LogP contribution in [0.3, 0.4) is 0 Å². The van der Waals surface area contributed by atoms with Crippen LogP contribution in [0.5, 0.6) is 0 Å². The first-order valence-corrected chi connectivity index (χ1v) is 8.11. The number of nitriles is 1. The lowest BCUT2D eigenvalue weighted by Crippen LogP contribution is -2.17. The molecule has 7 heteroatoms. The average molecular weight is 330 g/mol. The minimum Gasteiger partial charge on any atom is -0.478 e. The zero-order chi connectivity index (χ0) is 17.2. The number of nitrogens with one attached hydrogen (secondary N) is 1. The fraction of sp³-hybridized carbons (Fsp3) is 0.125. The third kappa shape index (κ3) is 3.33. The Balaban J connectivity index is 2.52. The molecule has 0 spiro atoms. The quantitative estimate of drug-likeness (QED) is 0.896. The molecule has 23 heavy (non-hydrogen) atoms. The Morgan fingerprint density at radius 3 is 2.43 bits per heavy atom. The number of para-hydroxylation sites is 1. The standard InChI is InChI=1S/C16H14N2O4S/c1-10-4-3-5-13(16(19)20)15(10)18-23(21,22)14-7-6-12(9-17)8-11(14)2/h3-8,18H,1-2H3,(H,19,20). The Hall–Kier alpha value is -2.85. The fourth-order valence-corrected chi connectivity index (χ4v) is 3.57. The third-order valence-corrected chi connectivity index (χ3v) is 4.84. The molecule has 0 aromatic heterocycles. The van der Waals surface area contributed by atoms with Gasteiger partial charge in [-0.1, -0.05) is 12.1 Å². The Morgan fingerprint density at radius 2 is 1.87 bits per heavy atom. The van der Waals surface area contributed by atoms with Gasteiger partial charge in [-0.15, -0.1) is 0 Å². The number of sulfonamides is 1. The molecule has 0 amide bonds. The van der Waals surface area contributed by atoms with E-state index in [1.165, 1.54) is 24.3 Å². The number of anilines is 1. The second-order valence-electron chi connectivity index (χ2n) is 5.00.